The third kappa shape index (κ3) is 2.43. The lowest BCUT2D eigenvalue weighted by Crippen LogP contribution is -2.17. The van der Waals surface area contributed by atoms with Gasteiger partial charge in [-0.1, -0.05) is 13.3 Å². The van der Waals surface area contributed by atoms with Gasteiger partial charge in [0.25, 0.3) is 5.56 Å². The number of hydrogen-bond donors (Lipinski definition) is 2. The van der Waals surface area contributed by atoms with Crippen LogP contribution in [-0.4, -0.2) is 17.0 Å². The molecule has 0 atom stereocenters. The van der Waals surface area contributed by atoms with Gasteiger partial charge in [0.05, 0.1) is 9.26 Å². The van der Waals surface area contributed by atoms with Crippen molar-refractivity contribution in [1.29, 1.82) is 0 Å². The van der Waals surface area contributed by atoms with Gasteiger partial charge in [-0.3, -0.25) is 9.78 Å². The molecule has 0 aliphatic heterocycles. The molecule has 0 unspecified atom stereocenters. The lowest BCUT2D eigenvalue weighted by atomic mass is 10.2. The molecule has 0 bridgehead atoms. The van der Waals surface area contributed by atoms with E-state index < -0.39 is 0 Å². The van der Waals surface area contributed by atoms with Crippen LogP contribution in [0.25, 0.3) is 0 Å². The van der Waals surface area contributed by atoms with Crippen LogP contribution in [0.2, 0.25) is 0 Å². The molecular formula is C8H12IN3O. The van der Waals surface area contributed by atoms with E-state index in [-0.39, 0.29) is 5.56 Å². The zero-order valence-electron chi connectivity index (χ0n) is 7.65. The number of aromatic amines is 1. The minimum absolute atomic E-state index is 0.0663. The summed E-state index contributed by atoms with van der Waals surface area (Å²) in [4.78, 5) is 18.3. The number of nitrogens with one attached hydrogen (secondary N) is 2. The van der Waals surface area contributed by atoms with E-state index in [1.54, 1.807) is 7.05 Å². The molecule has 0 aromatic carbocycles. The molecule has 4 nitrogen and oxygen atoms in total. The molecule has 5 heteroatoms. The molecule has 1 heterocycles. The molecule has 0 aliphatic carbocycles. The summed E-state index contributed by atoms with van der Waals surface area (Å²) in [6, 6.07) is 0. The number of rotatable bonds is 3. The topological polar surface area (TPSA) is 57.8 Å². The number of halogens is 1. The van der Waals surface area contributed by atoms with Crippen molar-refractivity contribution in [3.8, 4) is 0 Å². The average molecular weight is 293 g/mol. The summed E-state index contributed by atoms with van der Waals surface area (Å²) in [5.41, 5.74) is 0.805. The van der Waals surface area contributed by atoms with Gasteiger partial charge >= 0.3 is 0 Å². The Balaban J connectivity index is 3.17. The summed E-state index contributed by atoms with van der Waals surface area (Å²) in [5.74, 6) is 0.536. The molecule has 0 radical (unpaired) electrons. The zero-order valence-corrected chi connectivity index (χ0v) is 9.81. The highest BCUT2D eigenvalue weighted by molar-refractivity contribution is 14.1. The Bertz CT molecular complexity index is 348. The first-order valence-corrected chi connectivity index (χ1v) is 5.23. The van der Waals surface area contributed by atoms with E-state index in [4.69, 9.17) is 0 Å². The molecule has 0 fully saturated rings. The smallest absolute Gasteiger partial charge is 0.265 e. The molecule has 0 saturated carbocycles. The van der Waals surface area contributed by atoms with Crippen LogP contribution >= 0.6 is 22.6 Å². The molecular weight excluding hydrogens is 281 g/mol. The van der Waals surface area contributed by atoms with Crippen molar-refractivity contribution < 1.29 is 0 Å². The van der Waals surface area contributed by atoms with E-state index in [1.807, 2.05) is 22.6 Å². The fraction of sp³-hybridized carbons (Fsp3) is 0.500. The van der Waals surface area contributed by atoms with Crippen LogP contribution < -0.4 is 10.9 Å². The Morgan fingerprint density at radius 2 is 2.31 bits per heavy atom. The van der Waals surface area contributed by atoms with Gasteiger partial charge in [0.2, 0.25) is 5.95 Å². The van der Waals surface area contributed by atoms with Gasteiger partial charge in [-0.05, 0) is 29.0 Å². The molecule has 0 aliphatic rings. The quantitative estimate of drug-likeness (QED) is 0.828. The summed E-state index contributed by atoms with van der Waals surface area (Å²) >= 11 is 2.03. The van der Waals surface area contributed by atoms with Crippen LogP contribution in [0.1, 0.15) is 19.0 Å². The fourth-order valence-electron chi connectivity index (χ4n) is 1.03. The highest BCUT2D eigenvalue weighted by atomic mass is 127. The molecule has 0 amide bonds. The third-order valence-electron chi connectivity index (χ3n) is 1.66. The summed E-state index contributed by atoms with van der Waals surface area (Å²) in [6.07, 6.45) is 1.84. The lowest BCUT2D eigenvalue weighted by molar-refractivity contribution is 0.859. The van der Waals surface area contributed by atoms with Crippen LogP contribution in [0.3, 0.4) is 0 Å². The number of nitrogens with zero attached hydrogens (tertiary/aromatic N) is 1. The summed E-state index contributed by atoms with van der Waals surface area (Å²) in [6.45, 7) is 2.07. The maximum Gasteiger partial charge on any atom is 0.265 e. The highest BCUT2D eigenvalue weighted by Gasteiger charge is 2.06. The summed E-state index contributed by atoms with van der Waals surface area (Å²) in [5, 5.41) is 2.82. The Morgan fingerprint density at radius 3 is 2.85 bits per heavy atom. The monoisotopic (exact) mass is 293 g/mol. The molecule has 0 spiro atoms. The number of anilines is 1. The van der Waals surface area contributed by atoms with Crippen molar-refractivity contribution in [2.75, 3.05) is 12.4 Å². The summed E-state index contributed by atoms with van der Waals surface area (Å²) in [7, 11) is 1.74. The third-order valence-corrected chi connectivity index (χ3v) is 2.77. The Hall–Kier alpha value is -0.590. The number of H-pyrrole nitrogens is 1. The molecule has 72 valence electrons. The maximum atomic E-state index is 11.4. The first-order chi connectivity index (χ1) is 6.19. The van der Waals surface area contributed by atoms with Gasteiger partial charge in [0.15, 0.2) is 0 Å². The van der Waals surface area contributed by atoms with Crippen LogP contribution in [-0.2, 0) is 6.42 Å². The average Bonchev–Trinajstić information content (AvgIpc) is 2.13. The van der Waals surface area contributed by atoms with E-state index in [9.17, 15) is 4.79 Å². The highest BCUT2D eigenvalue weighted by Crippen LogP contribution is 2.08. The van der Waals surface area contributed by atoms with Gasteiger partial charge in [0.1, 0.15) is 0 Å². The van der Waals surface area contributed by atoms with Crippen molar-refractivity contribution in [2.45, 2.75) is 19.8 Å². The second-order valence-corrected chi connectivity index (χ2v) is 3.75. The largest absolute Gasteiger partial charge is 0.359 e. The number of aryl methyl sites for hydroxylation is 1. The first kappa shape index (κ1) is 10.5. The number of aromatic nitrogens is 2. The molecule has 1 aromatic rings. The van der Waals surface area contributed by atoms with Gasteiger partial charge in [0, 0.05) is 7.05 Å². The van der Waals surface area contributed by atoms with Crippen molar-refractivity contribution >= 4 is 28.5 Å². The van der Waals surface area contributed by atoms with Gasteiger partial charge in [-0.2, -0.15) is 0 Å². The molecule has 1 aromatic heterocycles. The Labute approximate surface area is 90.3 Å². The van der Waals surface area contributed by atoms with Crippen molar-refractivity contribution in [3.63, 3.8) is 0 Å². The van der Waals surface area contributed by atoms with Gasteiger partial charge in [-0.15, -0.1) is 0 Å². The second kappa shape index (κ2) is 4.59. The molecule has 13 heavy (non-hydrogen) atoms. The van der Waals surface area contributed by atoms with Crippen LogP contribution in [0.4, 0.5) is 5.95 Å². The van der Waals surface area contributed by atoms with Crippen molar-refractivity contribution in [1.82, 2.24) is 9.97 Å². The summed E-state index contributed by atoms with van der Waals surface area (Å²) < 4.78 is 0.693. The van der Waals surface area contributed by atoms with Crippen LogP contribution in [0.15, 0.2) is 4.79 Å². The lowest BCUT2D eigenvalue weighted by Gasteiger charge is -2.04. The van der Waals surface area contributed by atoms with E-state index in [0.29, 0.717) is 9.52 Å². The standard InChI is InChI=1S/C8H12IN3O/c1-3-4-5-6(9)7(13)12-8(10-2)11-5/h3-4H2,1-2H3,(H2,10,11,12,13). The Kier molecular flexibility index (Phi) is 3.71. The SMILES string of the molecule is CCCc1nc(NC)[nH]c(=O)c1I. The van der Waals surface area contributed by atoms with Gasteiger partial charge in [-0.25, -0.2) is 4.98 Å². The van der Waals surface area contributed by atoms with Crippen LogP contribution in [0.5, 0.6) is 0 Å². The van der Waals surface area contributed by atoms with E-state index in [0.717, 1.165) is 18.5 Å². The van der Waals surface area contributed by atoms with Crippen molar-refractivity contribution in [2.24, 2.45) is 0 Å². The maximum absolute atomic E-state index is 11.4. The first-order valence-electron chi connectivity index (χ1n) is 4.15. The van der Waals surface area contributed by atoms with E-state index in [2.05, 4.69) is 22.2 Å². The van der Waals surface area contributed by atoms with E-state index in [1.165, 1.54) is 0 Å². The minimum Gasteiger partial charge on any atom is -0.359 e. The van der Waals surface area contributed by atoms with Crippen molar-refractivity contribution in [3.05, 3.63) is 19.6 Å². The normalized spacial score (nSPS) is 10.1. The minimum atomic E-state index is -0.0663. The Morgan fingerprint density at radius 1 is 1.62 bits per heavy atom. The molecule has 2 N–H and O–H groups in total. The predicted octanol–water partition coefficient (Wildman–Crippen LogP) is 1.37. The van der Waals surface area contributed by atoms with E-state index >= 15 is 0 Å². The van der Waals surface area contributed by atoms with Crippen LogP contribution in [0, 0.1) is 3.57 Å². The molecule has 0 saturated heterocycles. The molecule has 1 rings (SSSR count). The fourth-order valence-corrected chi connectivity index (χ4v) is 1.55. The van der Waals surface area contributed by atoms with Gasteiger partial charge < -0.3 is 5.32 Å². The number of hydrogen-bond acceptors (Lipinski definition) is 3. The predicted molar refractivity (Wildman–Crippen MR) is 61.1 cm³/mol. The second-order valence-electron chi connectivity index (χ2n) is 2.68. The zero-order chi connectivity index (χ0) is 9.84.